The molecule has 0 bridgehead atoms. The van der Waals surface area contributed by atoms with Gasteiger partial charge in [0, 0.05) is 5.73 Å². The van der Waals surface area contributed by atoms with E-state index < -0.39 is 0 Å². The van der Waals surface area contributed by atoms with E-state index in [9.17, 15) is 0 Å². The largest absolute Gasteiger partial charge is 0.461 e. The quantitative estimate of drug-likeness (QED) is 0.160. The topological polar surface area (TPSA) is 61.2 Å². The van der Waals surface area contributed by atoms with Gasteiger partial charge in [-0.3, -0.25) is 5.41 Å². The second-order valence-corrected chi connectivity index (χ2v) is 1.32. The third kappa shape index (κ3) is 1.08. The fraction of sp³-hybridized carbons (Fsp3) is 0. The first-order chi connectivity index (χ1) is 4.30. The van der Waals surface area contributed by atoms with Crippen LogP contribution in [0, 0.1) is 5.41 Å². The van der Waals surface area contributed by atoms with Crippen LogP contribution in [0.15, 0.2) is 23.0 Å². The van der Waals surface area contributed by atoms with Crippen molar-refractivity contribution in [2.45, 2.75) is 0 Å². The van der Waals surface area contributed by atoms with E-state index in [1.54, 1.807) is 0 Å². The van der Waals surface area contributed by atoms with Crippen molar-refractivity contribution in [3.8, 4) is 0 Å². The zero-order valence-corrected chi connectivity index (χ0v) is 4.49. The van der Waals surface area contributed by atoms with E-state index in [0.717, 1.165) is 0 Å². The molecule has 0 aromatic rings. The summed E-state index contributed by atoms with van der Waals surface area (Å²) >= 11 is 0. The third-order valence-electron chi connectivity index (χ3n) is 0.687. The maximum absolute atomic E-state index is 6.83. The van der Waals surface area contributed by atoms with E-state index in [2.05, 4.69) is 27.6 Å². The maximum Gasteiger partial charge on any atom is 0.461 e. The molecule has 0 amide bonds. The van der Waals surface area contributed by atoms with Crippen LogP contribution < -0.4 is 5.73 Å². The second kappa shape index (κ2) is 2.02. The lowest BCUT2D eigenvalue weighted by molar-refractivity contribution is 0.229. The van der Waals surface area contributed by atoms with Gasteiger partial charge in [0.05, 0.1) is 11.5 Å². The van der Waals surface area contributed by atoms with Crippen molar-refractivity contribution in [2.24, 2.45) is 5.73 Å². The molecule has 0 atom stereocenters. The molecular weight excluding hydrogens is 116 g/mol. The summed E-state index contributed by atoms with van der Waals surface area (Å²) < 4.78 is 4.57. The zero-order chi connectivity index (χ0) is 6.69. The summed E-state index contributed by atoms with van der Waals surface area (Å²) in [6.07, 6.45) is 0. The van der Waals surface area contributed by atoms with Gasteiger partial charge in [-0.2, -0.15) is 0 Å². The molecule has 0 aromatic heterocycles. The highest BCUT2D eigenvalue weighted by atomic mass is 16.4. The number of rotatable bonds is 1. The summed E-state index contributed by atoms with van der Waals surface area (Å²) in [6.45, 7) is 0. The molecule has 1 heterocycles. The number of hydrogen-bond donors (Lipinski definition) is 2. The predicted molar refractivity (Wildman–Crippen MR) is 31.7 cm³/mol. The summed E-state index contributed by atoms with van der Waals surface area (Å²) in [5, 5.41) is 6.83. The van der Waals surface area contributed by atoms with Crippen LogP contribution in [-0.4, -0.2) is 11.8 Å². The summed E-state index contributed by atoms with van der Waals surface area (Å²) in [5.41, 5.74) is 12.2. The van der Waals surface area contributed by atoms with Gasteiger partial charge < -0.3 is 5.73 Å². The van der Waals surface area contributed by atoms with Crippen LogP contribution >= 0.6 is 0 Å². The van der Waals surface area contributed by atoms with E-state index in [4.69, 9.17) is 11.1 Å². The molecule has 1 aliphatic rings. The van der Waals surface area contributed by atoms with Crippen molar-refractivity contribution < 1.29 is 4.42 Å². The molecule has 0 saturated heterocycles. The van der Waals surface area contributed by atoms with Gasteiger partial charge in [0.1, 0.15) is 0 Å². The molecule has 0 spiro atoms. The summed E-state index contributed by atoms with van der Waals surface area (Å²) in [7, 11) is 0. The van der Waals surface area contributed by atoms with Crippen molar-refractivity contribution >= 4 is 11.8 Å². The molecule has 0 aromatic carbocycles. The number of hydrogen-bond acceptors (Lipinski definition) is 1. The summed E-state index contributed by atoms with van der Waals surface area (Å²) in [4.78, 5) is 0. The van der Waals surface area contributed by atoms with Gasteiger partial charge in [0.15, 0.2) is 0 Å². The van der Waals surface area contributed by atoms with E-state index in [1.165, 1.54) is 0 Å². The Balaban J connectivity index is 3.21. The van der Waals surface area contributed by atoms with Crippen LogP contribution in [0.4, 0.5) is 0 Å². The second-order valence-electron chi connectivity index (χ2n) is 1.32. The van der Waals surface area contributed by atoms with Crippen molar-refractivity contribution in [1.82, 2.24) is 0 Å². The van der Waals surface area contributed by atoms with Gasteiger partial charge in [-0.1, -0.05) is 0 Å². The molecule has 1 aliphatic heterocycles. The van der Waals surface area contributed by atoms with Gasteiger partial charge in [-0.25, -0.2) is 0 Å². The minimum Gasteiger partial charge on any atom is -0.376 e. The Morgan fingerprint density at radius 1 is 1.56 bits per heavy atom. The monoisotopic (exact) mass is 119 g/mol. The van der Waals surface area contributed by atoms with Gasteiger partial charge >= 0.3 is 11.7 Å². The Labute approximate surface area is 51.3 Å². The van der Waals surface area contributed by atoms with Gasteiger partial charge in [-0.15, -0.1) is 4.42 Å². The number of amidine groups is 1. The highest BCUT2D eigenvalue weighted by Crippen LogP contribution is 1.85. The van der Waals surface area contributed by atoms with Crippen molar-refractivity contribution in [1.29, 1.82) is 5.41 Å². The van der Waals surface area contributed by atoms with Gasteiger partial charge in [-0.05, 0) is 0 Å². The maximum atomic E-state index is 6.83. The van der Waals surface area contributed by atoms with Crippen molar-refractivity contribution in [3.05, 3.63) is 23.0 Å². The Morgan fingerprint density at radius 3 is 2.67 bits per heavy atom. The van der Waals surface area contributed by atoms with Crippen molar-refractivity contribution in [2.75, 3.05) is 0 Å². The standard InChI is InChI=1S/C6H3N2O/c7-6(8)5-3-1-2-4-9-5/h(H3,7,8)/q+1. The minimum absolute atomic E-state index is 0.133. The molecule has 9 heavy (non-hydrogen) atoms. The van der Waals surface area contributed by atoms with Crippen LogP contribution in [0.5, 0.6) is 0 Å². The minimum atomic E-state index is -0.184. The van der Waals surface area contributed by atoms with Crippen LogP contribution in [0.25, 0.3) is 0 Å². The lowest BCUT2D eigenvalue weighted by Gasteiger charge is -1.75. The lowest BCUT2D eigenvalue weighted by Crippen LogP contribution is -2.12. The molecule has 1 rings (SSSR count). The number of nitrogens with one attached hydrogen (secondary N) is 1. The van der Waals surface area contributed by atoms with Gasteiger partial charge in [0.25, 0.3) is 0 Å². The molecule has 42 valence electrons. The highest BCUT2D eigenvalue weighted by molar-refractivity contribution is 5.92. The summed E-state index contributed by atoms with van der Waals surface area (Å²) in [5.74, 6) is 2.18. The molecule has 0 saturated carbocycles. The molecule has 0 fully saturated rings. The molecule has 3 nitrogen and oxygen atoms in total. The Morgan fingerprint density at radius 2 is 2.33 bits per heavy atom. The van der Waals surface area contributed by atoms with E-state index in [1.807, 2.05) is 0 Å². The first-order valence-electron chi connectivity index (χ1n) is 2.20. The summed E-state index contributed by atoms with van der Waals surface area (Å²) in [6, 6.07) is 0. The Bertz CT molecular complexity index is 315. The van der Waals surface area contributed by atoms with Crippen LogP contribution in [-0.2, 0) is 4.42 Å². The molecule has 3 N–H and O–H groups in total. The van der Waals surface area contributed by atoms with Crippen LogP contribution in [0.1, 0.15) is 0 Å². The molecule has 3 heteroatoms. The number of nitrogens with two attached hydrogens (primary N) is 1. The third-order valence-corrected chi connectivity index (χ3v) is 0.687. The number of carbonyl (C=O) groups excluding carboxylic acids is 1. The van der Waals surface area contributed by atoms with Crippen molar-refractivity contribution in [3.63, 3.8) is 0 Å². The highest BCUT2D eigenvalue weighted by Gasteiger charge is 2.10. The molecule has 0 aliphatic carbocycles. The molecule has 0 radical (unpaired) electrons. The Hall–Kier alpha value is -1.74. The van der Waals surface area contributed by atoms with Gasteiger partial charge in [0.2, 0.25) is 5.84 Å². The first-order valence-corrected chi connectivity index (χ1v) is 2.20. The fourth-order valence-electron chi connectivity index (χ4n) is 0.338. The molecule has 0 unspecified atom stereocenters. The van der Waals surface area contributed by atoms with E-state index in [0.29, 0.717) is 0 Å². The first kappa shape index (κ1) is 5.40. The van der Waals surface area contributed by atoms with E-state index >= 15 is 0 Å². The van der Waals surface area contributed by atoms with Crippen LogP contribution in [0.3, 0.4) is 0 Å². The average molecular weight is 119 g/mol. The Kier molecular flexibility index (Phi) is 1.21. The van der Waals surface area contributed by atoms with Crippen LogP contribution in [0.2, 0.25) is 0 Å². The normalized spacial score (nSPS) is 11.8. The smallest absolute Gasteiger partial charge is 0.376 e. The fourth-order valence-corrected chi connectivity index (χ4v) is 0.338. The van der Waals surface area contributed by atoms with E-state index in [-0.39, 0.29) is 11.6 Å². The molecular formula is C6H3N2O+. The zero-order valence-electron chi connectivity index (χ0n) is 4.49. The lowest BCUT2D eigenvalue weighted by atomic mass is 10.5. The average Bonchev–Trinajstić information content (AvgIpc) is 1.90. The SMILES string of the molecule is N=C(N)C1=C=C=C=C=[O+]1. The predicted octanol–water partition coefficient (Wildman–Crippen LogP) is -0.348.